The minimum Gasteiger partial charge on any atom is -0.394 e. The Morgan fingerprint density at radius 3 is 1.23 bits per heavy atom. The molecule has 2 aliphatic carbocycles. The van der Waals surface area contributed by atoms with Crippen LogP contribution in [0.15, 0.2) is 0 Å². The zero-order valence-electron chi connectivity index (χ0n) is 34.3. The van der Waals surface area contributed by atoms with Crippen molar-refractivity contribution in [2.45, 2.75) is 186 Å². The highest BCUT2D eigenvalue weighted by atomic mass is 16.7. The second-order valence-electron chi connectivity index (χ2n) is 17.2. The van der Waals surface area contributed by atoms with Gasteiger partial charge in [-0.2, -0.15) is 0 Å². The fourth-order valence-corrected chi connectivity index (χ4v) is 8.64. The Hall–Kier alpha value is -1.00. The Bertz CT molecular complexity index is 1340. The molecule has 0 amide bonds. The summed E-state index contributed by atoms with van der Waals surface area (Å²) in [7, 11) is 0. The van der Waals surface area contributed by atoms with Crippen molar-refractivity contribution in [3.05, 3.63) is 0 Å². The van der Waals surface area contributed by atoms with E-state index < -0.39 is 165 Å². The van der Waals surface area contributed by atoms with Crippen LogP contribution in [0.2, 0.25) is 0 Å². The molecular formula is C36H71N7O18. The minimum absolute atomic E-state index is 0.0838. The molecule has 25 heteroatoms. The highest BCUT2D eigenvalue weighted by Crippen LogP contribution is 2.35. The Kier molecular flexibility index (Phi) is 18.4. The molecule has 4 heterocycles. The molecule has 2 saturated carbocycles. The van der Waals surface area contributed by atoms with E-state index in [0.29, 0.717) is 0 Å². The first kappa shape index (κ1) is 51.0. The topological polar surface area (TPSA) is 458 Å². The molecule has 0 radical (unpaired) electrons. The molecule has 61 heavy (non-hydrogen) atoms. The van der Waals surface area contributed by atoms with Gasteiger partial charge in [-0.25, -0.2) is 0 Å². The quantitative estimate of drug-likeness (QED) is 0.0865. The van der Waals surface area contributed by atoms with Gasteiger partial charge in [0.15, 0.2) is 25.2 Å². The molecular weight excluding hydrogens is 818 g/mol. The Labute approximate surface area is 353 Å². The predicted octanol–water partition coefficient (Wildman–Crippen LogP) is -9.69. The molecule has 6 fully saturated rings. The van der Waals surface area contributed by atoms with E-state index in [0.717, 1.165) is 0 Å². The average Bonchev–Trinajstić information content (AvgIpc) is 3.66. The first-order valence-corrected chi connectivity index (χ1v) is 20.8. The van der Waals surface area contributed by atoms with Gasteiger partial charge in [-0.3, -0.25) is 0 Å². The van der Waals surface area contributed by atoms with Crippen LogP contribution in [0.1, 0.15) is 33.1 Å². The van der Waals surface area contributed by atoms with Crippen molar-refractivity contribution in [3.63, 3.8) is 0 Å². The van der Waals surface area contributed by atoms with Crippen LogP contribution < -0.4 is 40.1 Å². The number of hydrogen-bond acceptors (Lipinski definition) is 25. The molecule has 6 rings (SSSR count). The Morgan fingerprint density at radius 2 is 0.820 bits per heavy atom. The molecule has 24 N–H and O–H groups in total. The maximum Gasteiger partial charge on any atom is 0.184 e. The molecule has 4 aliphatic heterocycles. The standard InChI is InChI=1S/C18H36N4O8.C18H35N3O10/c1-6-12(5-23)28-18(13(6)25)30-16-14(26)7(20)2-8(21)15(16)29-17-9(22)3-10(24)11(4-19)27-17;1-5-8(3-22)28-18(11(5)24)31-16-12(25)6(19)2-7(20)15(16)30-17-10(21)14(27)13(26)9(4-23)29-17/h6-18,23-26H,2-5,19-22H2,1H3;5-18,22-27H,2-4,19-21H2,1H3. The summed E-state index contributed by atoms with van der Waals surface area (Å²) in [6.07, 6.45) is -19.1. The lowest BCUT2D eigenvalue weighted by atomic mass is 9.84. The van der Waals surface area contributed by atoms with Crippen molar-refractivity contribution >= 4 is 0 Å². The van der Waals surface area contributed by atoms with E-state index in [1.807, 2.05) is 0 Å². The van der Waals surface area contributed by atoms with Crippen molar-refractivity contribution in [2.75, 3.05) is 26.4 Å². The summed E-state index contributed by atoms with van der Waals surface area (Å²) >= 11 is 0. The van der Waals surface area contributed by atoms with E-state index in [4.69, 9.17) is 78.0 Å². The second kappa shape index (κ2) is 22.0. The number of rotatable bonds is 12. The number of aliphatic hydroxyl groups excluding tert-OH is 10. The molecule has 4 saturated heterocycles. The highest BCUT2D eigenvalue weighted by molar-refractivity contribution is 5.02. The zero-order valence-corrected chi connectivity index (χ0v) is 34.3. The van der Waals surface area contributed by atoms with Crippen LogP contribution in [0, 0.1) is 11.8 Å². The van der Waals surface area contributed by atoms with Gasteiger partial charge in [-0.1, -0.05) is 13.8 Å². The van der Waals surface area contributed by atoms with Crippen LogP contribution in [-0.2, 0) is 37.9 Å². The number of nitrogens with two attached hydrogens (primary N) is 7. The van der Waals surface area contributed by atoms with E-state index in [2.05, 4.69) is 0 Å². The van der Waals surface area contributed by atoms with Crippen LogP contribution in [0.4, 0.5) is 0 Å². The van der Waals surface area contributed by atoms with E-state index in [1.54, 1.807) is 13.8 Å². The summed E-state index contributed by atoms with van der Waals surface area (Å²) in [5.74, 6) is -0.793. The summed E-state index contributed by atoms with van der Waals surface area (Å²) < 4.78 is 46.0. The van der Waals surface area contributed by atoms with Crippen LogP contribution in [0.25, 0.3) is 0 Å². The molecule has 0 spiro atoms. The van der Waals surface area contributed by atoms with Gasteiger partial charge in [0.2, 0.25) is 0 Å². The fraction of sp³-hybridized carbons (Fsp3) is 1.00. The number of hydrogen-bond donors (Lipinski definition) is 17. The number of ether oxygens (including phenoxy) is 8. The first-order valence-electron chi connectivity index (χ1n) is 20.8. The summed E-state index contributed by atoms with van der Waals surface area (Å²) in [4.78, 5) is 0. The maximum absolute atomic E-state index is 10.7. The summed E-state index contributed by atoms with van der Waals surface area (Å²) in [6.45, 7) is 2.31. The molecule has 0 aromatic heterocycles. The monoisotopic (exact) mass is 889 g/mol. The normalized spacial score (nSPS) is 53.1. The molecule has 0 bridgehead atoms. The second-order valence-corrected chi connectivity index (χ2v) is 17.2. The van der Waals surface area contributed by atoms with Crippen molar-refractivity contribution in [2.24, 2.45) is 52.0 Å². The maximum atomic E-state index is 10.7. The van der Waals surface area contributed by atoms with Crippen LogP contribution in [-0.4, -0.2) is 230 Å². The van der Waals surface area contributed by atoms with Gasteiger partial charge < -0.3 is 129 Å². The van der Waals surface area contributed by atoms with Gasteiger partial charge in [-0.05, 0) is 19.3 Å². The zero-order chi connectivity index (χ0) is 45.2. The third-order valence-electron chi connectivity index (χ3n) is 12.8. The van der Waals surface area contributed by atoms with Gasteiger partial charge in [0, 0.05) is 42.5 Å². The molecule has 27 atom stereocenters. The van der Waals surface area contributed by atoms with Crippen LogP contribution in [0.5, 0.6) is 0 Å². The van der Waals surface area contributed by atoms with Gasteiger partial charge in [-0.15, -0.1) is 0 Å². The molecule has 0 aromatic carbocycles. The molecule has 0 aromatic rings. The van der Waals surface area contributed by atoms with Crippen molar-refractivity contribution < 1.29 is 89.0 Å². The third kappa shape index (κ3) is 11.2. The molecule has 6 aliphatic rings. The Balaban J connectivity index is 0.000000231. The molecule has 358 valence electrons. The number of aliphatic hydroxyl groups is 10. The third-order valence-corrected chi connectivity index (χ3v) is 12.8. The van der Waals surface area contributed by atoms with Crippen molar-refractivity contribution in [1.29, 1.82) is 0 Å². The largest absolute Gasteiger partial charge is 0.394 e. The van der Waals surface area contributed by atoms with Gasteiger partial charge in [0.05, 0.1) is 68.5 Å². The lowest BCUT2D eigenvalue weighted by Gasteiger charge is -2.47. The van der Waals surface area contributed by atoms with Crippen LogP contribution in [0.3, 0.4) is 0 Å². The SMILES string of the molecule is CC1C(CO)OC(OC2C(O)C(N)CC(N)C2OC2OC(CN)C(O)CC2N)C1O.CC1C(CO)OC(OC2C(O)C(N)CC(N)C2OC2OC(CO)C(O)C(O)C2N)C1O. The summed E-state index contributed by atoms with van der Waals surface area (Å²) in [6, 6.07) is -4.59. The van der Waals surface area contributed by atoms with E-state index >= 15 is 0 Å². The minimum atomic E-state index is -1.44. The average molecular weight is 890 g/mol. The summed E-state index contributed by atoms with van der Waals surface area (Å²) in [5, 5.41) is 101. The fourth-order valence-electron chi connectivity index (χ4n) is 8.64. The lowest BCUT2D eigenvalue weighted by molar-refractivity contribution is -0.310. The smallest absolute Gasteiger partial charge is 0.184 e. The van der Waals surface area contributed by atoms with Crippen LogP contribution >= 0.6 is 0 Å². The molecule has 27 unspecified atom stereocenters. The van der Waals surface area contributed by atoms with Gasteiger partial charge >= 0.3 is 0 Å². The molecule has 25 nitrogen and oxygen atoms in total. The summed E-state index contributed by atoms with van der Waals surface area (Å²) in [5.41, 5.74) is 42.1. The lowest BCUT2D eigenvalue weighted by Crippen LogP contribution is -2.68. The van der Waals surface area contributed by atoms with E-state index in [-0.39, 0.29) is 44.9 Å². The van der Waals surface area contributed by atoms with Gasteiger partial charge in [0.25, 0.3) is 0 Å². The van der Waals surface area contributed by atoms with E-state index in [9.17, 15) is 51.1 Å². The van der Waals surface area contributed by atoms with E-state index in [1.165, 1.54) is 0 Å². The predicted molar refractivity (Wildman–Crippen MR) is 207 cm³/mol. The first-order chi connectivity index (χ1) is 28.8. The highest BCUT2D eigenvalue weighted by Gasteiger charge is 2.53. The van der Waals surface area contributed by atoms with Crippen molar-refractivity contribution in [1.82, 2.24) is 0 Å². The Morgan fingerprint density at radius 1 is 0.426 bits per heavy atom. The van der Waals surface area contributed by atoms with Gasteiger partial charge in [0.1, 0.15) is 54.9 Å². The van der Waals surface area contributed by atoms with Crippen molar-refractivity contribution in [3.8, 4) is 0 Å².